The molecule has 2 heterocycles. The number of fused-ring (bicyclic) bond motifs is 1. The Morgan fingerprint density at radius 1 is 1.33 bits per heavy atom. The highest BCUT2D eigenvalue weighted by molar-refractivity contribution is 5.34. The van der Waals surface area contributed by atoms with Crippen LogP contribution in [0.5, 0.6) is 0 Å². The van der Waals surface area contributed by atoms with E-state index in [0.717, 1.165) is 36.3 Å². The van der Waals surface area contributed by atoms with Crippen LogP contribution in [0.2, 0.25) is 0 Å². The molecule has 3 nitrogen and oxygen atoms in total. The van der Waals surface area contributed by atoms with Crippen molar-refractivity contribution in [2.45, 2.75) is 53.2 Å². The van der Waals surface area contributed by atoms with Crippen LogP contribution in [0.1, 0.15) is 54.7 Å². The van der Waals surface area contributed by atoms with E-state index in [2.05, 4.69) is 48.5 Å². The molecule has 1 atom stereocenters. The first kappa shape index (κ1) is 14.3. The van der Waals surface area contributed by atoms with Crippen LogP contribution in [0, 0.1) is 19.3 Å². The summed E-state index contributed by atoms with van der Waals surface area (Å²) in [6.45, 7) is 9.39. The molecule has 0 aliphatic heterocycles. The number of aromatic nitrogens is 2. The van der Waals surface area contributed by atoms with Gasteiger partial charge >= 0.3 is 0 Å². The fourth-order valence-corrected chi connectivity index (χ4v) is 3.47. The molecule has 21 heavy (non-hydrogen) atoms. The van der Waals surface area contributed by atoms with Gasteiger partial charge in [0.15, 0.2) is 0 Å². The van der Waals surface area contributed by atoms with Crippen LogP contribution >= 0.6 is 0 Å². The fourth-order valence-electron chi connectivity index (χ4n) is 3.47. The Labute approximate surface area is 126 Å². The van der Waals surface area contributed by atoms with Crippen LogP contribution in [-0.2, 0) is 13.0 Å². The fraction of sp³-hybridized carbons (Fsp3) is 0.500. The van der Waals surface area contributed by atoms with Crippen molar-refractivity contribution in [1.29, 1.82) is 0 Å². The average molecular weight is 284 g/mol. The first-order valence-corrected chi connectivity index (χ1v) is 7.65. The maximum Gasteiger partial charge on any atom is 0.0812 e. The van der Waals surface area contributed by atoms with E-state index in [9.17, 15) is 5.11 Å². The van der Waals surface area contributed by atoms with E-state index in [-0.39, 0.29) is 11.5 Å². The van der Waals surface area contributed by atoms with Crippen LogP contribution < -0.4 is 0 Å². The number of hydrogen-bond acceptors (Lipinski definition) is 2. The summed E-state index contributed by atoms with van der Waals surface area (Å²) < 4.78 is 2.32. The zero-order chi connectivity index (χ0) is 15.2. The quantitative estimate of drug-likeness (QED) is 0.915. The van der Waals surface area contributed by atoms with E-state index >= 15 is 0 Å². The largest absolute Gasteiger partial charge is 0.388 e. The Bertz CT molecular complexity index is 670. The van der Waals surface area contributed by atoms with Crippen LogP contribution in [0.25, 0.3) is 0 Å². The van der Waals surface area contributed by atoms with Gasteiger partial charge in [-0.3, -0.25) is 4.98 Å². The molecule has 0 bridgehead atoms. The standard InChI is InChI=1S/C18H24N2O/c1-12-6-5-7-14(19-12)11-20-13(2)8-15-16(20)9-18(3,4)10-17(15)21/h5-8,17,21H,9-11H2,1-4H3. The lowest BCUT2D eigenvalue weighted by molar-refractivity contribution is 0.0981. The maximum absolute atomic E-state index is 10.4. The lowest BCUT2D eigenvalue weighted by atomic mass is 9.75. The first-order valence-electron chi connectivity index (χ1n) is 7.65. The molecule has 0 aromatic carbocycles. The van der Waals surface area contributed by atoms with Crippen molar-refractivity contribution >= 4 is 0 Å². The molecule has 0 saturated heterocycles. The van der Waals surface area contributed by atoms with E-state index in [0.29, 0.717) is 0 Å². The van der Waals surface area contributed by atoms with E-state index in [1.807, 2.05) is 13.0 Å². The monoisotopic (exact) mass is 284 g/mol. The molecule has 1 unspecified atom stereocenters. The van der Waals surface area contributed by atoms with Crippen molar-refractivity contribution in [2.24, 2.45) is 5.41 Å². The van der Waals surface area contributed by atoms with E-state index in [1.54, 1.807) is 0 Å². The second-order valence-corrected chi connectivity index (χ2v) is 7.11. The summed E-state index contributed by atoms with van der Waals surface area (Å²) in [6, 6.07) is 8.30. The van der Waals surface area contributed by atoms with Gasteiger partial charge in [-0.25, -0.2) is 0 Å². The minimum atomic E-state index is -0.339. The van der Waals surface area contributed by atoms with Gasteiger partial charge < -0.3 is 9.67 Å². The zero-order valence-corrected chi connectivity index (χ0v) is 13.3. The molecule has 3 heteroatoms. The van der Waals surface area contributed by atoms with Crippen molar-refractivity contribution < 1.29 is 5.11 Å². The normalized spacial score (nSPS) is 20.3. The second kappa shape index (κ2) is 4.99. The van der Waals surface area contributed by atoms with Crippen LogP contribution in [0.4, 0.5) is 0 Å². The van der Waals surface area contributed by atoms with Crippen LogP contribution in [0.3, 0.4) is 0 Å². The molecule has 2 aromatic heterocycles. The lowest BCUT2D eigenvalue weighted by Crippen LogP contribution is -2.27. The van der Waals surface area contributed by atoms with Crippen molar-refractivity contribution in [2.75, 3.05) is 0 Å². The van der Waals surface area contributed by atoms with Gasteiger partial charge in [0.05, 0.1) is 18.3 Å². The third-order valence-electron chi connectivity index (χ3n) is 4.47. The number of hydrogen-bond donors (Lipinski definition) is 1. The third kappa shape index (κ3) is 2.75. The van der Waals surface area contributed by atoms with Crippen molar-refractivity contribution in [1.82, 2.24) is 9.55 Å². The molecule has 0 amide bonds. The van der Waals surface area contributed by atoms with Gasteiger partial charge in [0.2, 0.25) is 0 Å². The molecule has 1 N–H and O–H groups in total. The maximum atomic E-state index is 10.4. The van der Waals surface area contributed by atoms with Crippen LogP contribution in [-0.4, -0.2) is 14.7 Å². The van der Waals surface area contributed by atoms with Crippen molar-refractivity contribution in [3.8, 4) is 0 Å². The summed E-state index contributed by atoms with van der Waals surface area (Å²) in [5.41, 5.74) is 5.87. The Hall–Kier alpha value is -1.61. The van der Waals surface area contributed by atoms with Gasteiger partial charge in [-0.2, -0.15) is 0 Å². The van der Waals surface area contributed by atoms with E-state index in [1.165, 1.54) is 11.4 Å². The van der Waals surface area contributed by atoms with Crippen molar-refractivity contribution in [3.63, 3.8) is 0 Å². The van der Waals surface area contributed by atoms with E-state index in [4.69, 9.17) is 0 Å². The molecule has 0 fully saturated rings. The first-order chi connectivity index (χ1) is 9.85. The summed E-state index contributed by atoms with van der Waals surface area (Å²) in [7, 11) is 0. The number of nitrogens with zero attached hydrogens (tertiary/aromatic N) is 2. The Morgan fingerprint density at radius 2 is 2.10 bits per heavy atom. The number of aliphatic hydroxyl groups excluding tert-OH is 1. The van der Waals surface area contributed by atoms with Crippen LogP contribution in [0.15, 0.2) is 24.3 Å². The minimum absolute atomic E-state index is 0.148. The highest BCUT2D eigenvalue weighted by Gasteiger charge is 2.34. The summed E-state index contributed by atoms with van der Waals surface area (Å²) in [5, 5.41) is 10.4. The predicted octanol–water partition coefficient (Wildman–Crippen LogP) is 3.55. The highest BCUT2D eigenvalue weighted by Crippen LogP contribution is 2.42. The molecular formula is C18H24N2O. The Kier molecular flexibility index (Phi) is 3.40. The Morgan fingerprint density at radius 3 is 2.81 bits per heavy atom. The van der Waals surface area contributed by atoms with Crippen molar-refractivity contribution in [3.05, 3.63) is 52.6 Å². The highest BCUT2D eigenvalue weighted by atomic mass is 16.3. The van der Waals surface area contributed by atoms with Gasteiger partial charge in [0.1, 0.15) is 0 Å². The van der Waals surface area contributed by atoms with Gasteiger partial charge in [-0.1, -0.05) is 19.9 Å². The van der Waals surface area contributed by atoms with Gasteiger partial charge in [0.25, 0.3) is 0 Å². The summed E-state index contributed by atoms with van der Waals surface area (Å²) in [5.74, 6) is 0. The number of rotatable bonds is 2. The predicted molar refractivity (Wildman–Crippen MR) is 84.3 cm³/mol. The molecule has 0 saturated carbocycles. The molecular weight excluding hydrogens is 260 g/mol. The third-order valence-corrected chi connectivity index (χ3v) is 4.47. The molecule has 112 valence electrons. The molecule has 0 radical (unpaired) electrons. The molecule has 3 rings (SSSR count). The summed E-state index contributed by atoms with van der Waals surface area (Å²) in [6.07, 6.45) is 1.51. The van der Waals surface area contributed by atoms with E-state index < -0.39 is 0 Å². The van der Waals surface area contributed by atoms with Gasteiger partial charge in [-0.05, 0) is 50.3 Å². The Balaban J connectivity index is 2.00. The summed E-state index contributed by atoms with van der Waals surface area (Å²) in [4.78, 5) is 4.61. The molecule has 2 aromatic rings. The summed E-state index contributed by atoms with van der Waals surface area (Å²) >= 11 is 0. The second-order valence-electron chi connectivity index (χ2n) is 7.11. The van der Waals surface area contributed by atoms with Gasteiger partial charge in [-0.15, -0.1) is 0 Å². The molecule has 1 aliphatic carbocycles. The number of pyridine rings is 1. The smallest absolute Gasteiger partial charge is 0.0812 e. The topological polar surface area (TPSA) is 38.0 Å². The zero-order valence-electron chi connectivity index (χ0n) is 13.3. The minimum Gasteiger partial charge on any atom is -0.388 e. The average Bonchev–Trinajstić information content (AvgIpc) is 2.66. The molecule has 1 aliphatic rings. The SMILES string of the molecule is Cc1cccc(Cn2c(C)cc3c2CC(C)(C)CC3O)n1. The lowest BCUT2D eigenvalue weighted by Gasteiger charge is -2.34. The number of aliphatic hydroxyl groups is 1. The molecule has 0 spiro atoms. The number of aryl methyl sites for hydroxylation is 2. The van der Waals surface area contributed by atoms with Gasteiger partial charge in [0, 0.05) is 22.6 Å².